The van der Waals surface area contributed by atoms with Gasteiger partial charge in [0.2, 0.25) is 0 Å². The van der Waals surface area contributed by atoms with Crippen molar-refractivity contribution in [2.45, 2.75) is 104 Å². The highest BCUT2D eigenvalue weighted by molar-refractivity contribution is 5.67. The van der Waals surface area contributed by atoms with Crippen LogP contribution >= 0.6 is 0 Å². The Bertz CT molecular complexity index is 671. The number of unbranched alkanes of at least 4 members (excludes halogenated alkanes) is 10. The Balaban J connectivity index is 1.65. The zero-order valence-corrected chi connectivity index (χ0v) is 20.2. The summed E-state index contributed by atoms with van der Waals surface area (Å²) in [6.45, 7) is 4.49. The fraction of sp³-hybridized carbons (Fsp3) is 0.552. The monoisotopic (exact) mass is 438 g/mol. The third kappa shape index (κ3) is 11.4. The molecule has 0 fully saturated rings. The van der Waals surface area contributed by atoms with Gasteiger partial charge in [-0.05, 0) is 61.1 Å². The highest BCUT2D eigenvalue weighted by Crippen LogP contribution is 2.18. The summed E-state index contributed by atoms with van der Waals surface area (Å²) >= 11 is 0. The van der Waals surface area contributed by atoms with E-state index in [9.17, 15) is 4.79 Å². The van der Waals surface area contributed by atoms with Crippen molar-refractivity contribution in [1.82, 2.24) is 0 Å². The highest BCUT2D eigenvalue weighted by atomic mass is 16.7. The Kier molecular flexibility index (Phi) is 13.3. The molecule has 2 aromatic rings. The minimum absolute atomic E-state index is 0.515. The minimum Gasteiger partial charge on any atom is -0.395 e. The van der Waals surface area contributed by atoms with E-state index in [1.54, 1.807) is 0 Å². The first kappa shape index (κ1) is 26.0. The lowest BCUT2D eigenvalue weighted by atomic mass is 10.0. The van der Waals surface area contributed by atoms with E-state index in [1.165, 1.54) is 88.2 Å². The molecule has 3 heteroatoms. The van der Waals surface area contributed by atoms with Gasteiger partial charge in [-0.2, -0.15) is 0 Å². The van der Waals surface area contributed by atoms with Crippen LogP contribution in [-0.4, -0.2) is 6.16 Å². The zero-order chi connectivity index (χ0) is 22.9. The molecule has 0 N–H and O–H groups in total. The van der Waals surface area contributed by atoms with Crippen molar-refractivity contribution in [3.63, 3.8) is 0 Å². The van der Waals surface area contributed by atoms with Crippen LogP contribution in [0.15, 0.2) is 48.5 Å². The van der Waals surface area contributed by atoms with Gasteiger partial charge in [0.05, 0.1) is 0 Å². The Labute approximate surface area is 195 Å². The van der Waals surface area contributed by atoms with Gasteiger partial charge in [-0.1, -0.05) is 102 Å². The summed E-state index contributed by atoms with van der Waals surface area (Å²) in [5, 5.41) is 0. The first-order valence-electron chi connectivity index (χ1n) is 12.8. The fourth-order valence-electron chi connectivity index (χ4n) is 3.88. The van der Waals surface area contributed by atoms with Gasteiger partial charge >= 0.3 is 6.16 Å². The maximum atomic E-state index is 12.1. The Hall–Kier alpha value is -2.29. The molecular formula is C29H42O3. The average Bonchev–Trinajstić information content (AvgIpc) is 2.80. The van der Waals surface area contributed by atoms with E-state index < -0.39 is 6.16 Å². The molecule has 176 valence electrons. The van der Waals surface area contributed by atoms with Gasteiger partial charge in [-0.15, -0.1) is 0 Å². The smallest absolute Gasteiger partial charge is 0.395 e. The van der Waals surface area contributed by atoms with Crippen LogP contribution in [0.5, 0.6) is 11.5 Å². The number of carbonyl (C=O) groups excluding carboxylic acids is 1. The molecule has 0 heterocycles. The molecule has 0 atom stereocenters. The van der Waals surface area contributed by atoms with E-state index in [4.69, 9.17) is 9.47 Å². The molecule has 0 aromatic heterocycles. The summed E-state index contributed by atoms with van der Waals surface area (Å²) in [5.74, 6) is 1.03. The number of carbonyl (C=O) groups is 1. The maximum absolute atomic E-state index is 12.1. The third-order valence-electron chi connectivity index (χ3n) is 5.89. The van der Waals surface area contributed by atoms with Gasteiger partial charge in [0, 0.05) is 0 Å². The molecule has 0 aliphatic heterocycles. The van der Waals surface area contributed by atoms with Crippen molar-refractivity contribution in [3.05, 3.63) is 59.7 Å². The molecule has 0 aliphatic carbocycles. The van der Waals surface area contributed by atoms with Crippen LogP contribution < -0.4 is 9.47 Å². The van der Waals surface area contributed by atoms with E-state index in [0.717, 1.165) is 12.8 Å². The normalized spacial score (nSPS) is 10.8. The SMILES string of the molecule is CCCCCCCCc1ccc(OC(=O)Oc2ccc(CCCCCCCC)cc2)cc1. The Morgan fingerprint density at radius 1 is 0.531 bits per heavy atom. The van der Waals surface area contributed by atoms with Crippen molar-refractivity contribution in [2.75, 3.05) is 0 Å². The van der Waals surface area contributed by atoms with Gasteiger partial charge in [-0.25, -0.2) is 4.79 Å². The van der Waals surface area contributed by atoms with Gasteiger partial charge in [-0.3, -0.25) is 0 Å². The number of hydrogen-bond donors (Lipinski definition) is 0. The van der Waals surface area contributed by atoms with Crippen molar-refractivity contribution in [1.29, 1.82) is 0 Å². The number of ether oxygens (including phenoxy) is 2. The summed E-state index contributed by atoms with van der Waals surface area (Å²) in [4.78, 5) is 12.1. The average molecular weight is 439 g/mol. The van der Waals surface area contributed by atoms with E-state index in [-0.39, 0.29) is 0 Å². The molecule has 0 bridgehead atoms. The van der Waals surface area contributed by atoms with Crippen LogP contribution in [0.4, 0.5) is 4.79 Å². The standard InChI is InChI=1S/C29H42O3/c1-3-5-7-9-11-13-15-25-17-21-27(22-18-25)31-29(30)32-28-23-19-26(20-24-28)16-14-12-10-8-6-4-2/h17-24H,3-16H2,1-2H3. The molecule has 3 nitrogen and oxygen atoms in total. The lowest BCUT2D eigenvalue weighted by Gasteiger charge is -2.08. The molecule has 0 aliphatic rings. The fourth-order valence-corrected chi connectivity index (χ4v) is 3.88. The van der Waals surface area contributed by atoms with E-state index in [1.807, 2.05) is 48.5 Å². The molecule has 0 unspecified atom stereocenters. The van der Waals surface area contributed by atoms with Crippen LogP contribution in [-0.2, 0) is 12.8 Å². The second-order valence-corrected chi connectivity index (χ2v) is 8.78. The molecular weight excluding hydrogens is 396 g/mol. The van der Waals surface area contributed by atoms with Crippen molar-refractivity contribution >= 4 is 6.16 Å². The largest absolute Gasteiger partial charge is 0.519 e. The molecule has 2 rings (SSSR count). The predicted octanol–water partition coefficient (Wildman–Crippen LogP) is 9.07. The summed E-state index contributed by atoms with van der Waals surface area (Å²) in [7, 11) is 0. The molecule has 0 saturated carbocycles. The van der Waals surface area contributed by atoms with Crippen molar-refractivity contribution < 1.29 is 14.3 Å². The van der Waals surface area contributed by atoms with Crippen LogP contribution in [0.25, 0.3) is 0 Å². The molecule has 0 saturated heterocycles. The summed E-state index contributed by atoms with van der Waals surface area (Å²) < 4.78 is 10.6. The third-order valence-corrected chi connectivity index (χ3v) is 5.89. The van der Waals surface area contributed by atoms with Crippen LogP contribution in [0, 0.1) is 0 Å². The van der Waals surface area contributed by atoms with E-state index in [2.05, 4.69) is 13.8 Å². The summed E-state index contributed by atoms with van der Waals surface area (Å²) in [5.41, 5.74) is 2.56. The Morgan fingerprint density at radius 2 is 0.875 bits per heavy atom. The van der Waals surface area contributed by atoms with Crippen molar-refractivity contribution in [2.24, 2.45) is 0 Å². The number of benzene rings is 2. The van der Waals surface area contributed by atoms with E-state index in [0.29, 0.717) is 11.5 Å². The summed E-state index contributed by atoms with van der Waals surface area (Å²) in [6.07, 6.45) is 17.0. The lowest BCUT2D eigenvalue weighted by molar-refractivity contribution is 0.152. The second-order valence-electron chi connectivity index (χ2n) is 8.78. The van der Waals surface area contributed by atoms with Crippen LogP contribution in [0.1, 0.15) is 102 Å². The van der Waals surface area contributed by atoms with Crippen molar-refractivity contribution in [3.8, 4) is 11.5 Å². The maximum Gasteiger partial charge on any atom is 0.519 e. The Morgan fingerprint density at radius 3 is 1.25 bits per heavy atom. The number of aryl methyl sites for hydroxylation is 2. The molecule has 0 spiro atoms. The number of rotatable bonds is 16. The van der Waals surface area contributed by atoms with Crippen LogP contribution in [0.2, 0.25) is 0 Å². The second kappa shape index (κ2) is 16.4. The first-order valence-corrected chi connectivity index (χ1v) is 12.8. The molecule has 2 aromatic carbocycles. The van der Waals surface area contributed by atoms with Gasteiger partial charge in [0.15, 0.2) is 0 Å². The molecule has 0 radical (unpaired) electrons. The molecule has 0 amide bonds. The van der Waals surface area contributed by atoms with Gasteiger partial charge in [0.25, 0.3) is 0 Å². The highest BCUT2D eigenvalue weighted by Gasteiger charge is 2.08. The topological polar surface area (TPSA) is 35.5 Å². The van der Waals surface area contributed by atoms with Gasteiger partial charge in [0.1, 0.15) is 11.5 Å². The lowest BCUT2D eigenvalue weighted by Crippen LogP contribution is -2.13. The quantitative estimate of drug-likeness (QED) is 0.149. The first-order chi connectivity index (χ1) is 15.7. The van der Waals surface area contributed by atoms with E-state index >= 15 is 0 Å². The minimum atomic E-state index is -0.697. The van der Waals surface area contributed by atoms with Gasteiger partial charge < -0.3 is 9.47 Å². The van der Waals surface area contributed by atoms with Crippen LogP contribution in [0.3, 0.4) is 0 Å². The zero-order valence-electron chi connectivity index (χ0n) is 20.2. The molecule has 32 heavy (non-hydrogen) atoms. The number of hydrogen-bond acceptors (Lipinski definition) is 3. The summed E-state index contributed by atoms with van der Waals surface area (Å²) in [6, 6.07) is 15.5. The predicted molar refractivity (Wildman–Crippen MR) is 134 cm³/mol.